The summed E-state index contributed by atoms with van der Waals surface area (Å²) in [5, 5.41) is 3.39. The molecule has 0 spiro atoms. The van der Waals surface area contributed by atoms with Crippen LogP contribution in [0, 0.1) is 0 Å². The fourth-order valence-electron chi connectivity index (χ4n) is 2.93. The van der Waals surface area contributed by atoms with Gasteiger partial charge in [-0.1, -0.05) is 18.2 Å². The molecule has 0 saturated carbocycles. The summed E-state index contributed by atoms with van der Waals surface area (Å²) in [7, 11) is 1.71. The molecule has 3 rings (SSSR count). The van der Waals surface area contributed by atoms with Crippen molar-refractivity contribution in [3.8, 4) is 5.75 Å². The maximum absolute atomic E-state index is 5.39. The van der Waals surface area contributed by atoms with Crippen LogP contribution >= 0.6 is 0 Å². The van der Waals surface area contributed by atoms with Gasteiger partial charge in [-0.15, -0.1) is 0 Å². The highest BCUT2D eigenvalue weighted by atomic mass is 16.5. The Bertz CT molecular complexity index is 626. The minimum atomic E-state index is 0.816. The molecule has 0 aliphatic carbocycles. The molecule has 0 radical (unpaired) electrons. The Labute approximate surface area is 137 Å². The van der Waals surface area contributed by atoms with Gasteiger partial charge in [0.05, 0.1) is 7.11 Å². The van der Waals surface area contributed by atoms with E-state index in [4.69, 9.17) is 4.74 Å². The standard InChI is InChI=1S/C18H24N4O/c1-23-16-8-4-3-7-15(16)9-11-19-17-10-12-20-18(21-17)22-13-5-2-6-14-22/h3-4,7-8,10,12H,2,5-6,9,11,13-14H2,1H3,(H,19,20,21). The van der Waals surface area contributed by atoms with Crippen molar-refractivity contribution in [2.24, 2.45) is 0 Å². The van der Waals surface area contributed by atoms with E-state index in [9.17, 15) is 0 Å². The van der Waals surface area contributed by atoms with E-state index in [0.29, 0.717) is 0 Å². The van der Waals surface area contributed by atoms with Gasteiger partial charge >= 0.3 is 0 Å². The van der Waals surface area contributed by atoms with Crippen LogP contribution in [0.25, 0.3) is 0 Å². The summed E-state index contributed by atoms with van der Waals surface area (Å²) >= 11 is 0. The molecule has 2 aromatic rings. The average Bonchev–Trinajstić information content (AvgIpc) is 2.63. The zero-order chi connectivity index (χ0) is 15.9. The Hall–Kier alpha value is -2.30. The Kier molecular flexibility index (Phi) is 5.29. The maximum Gasteiger partial charge on any atom is 0.227 e. The number of ether oxygens (including phenoxy) is 1. The van der Waals surface area contributed by atoms with Gasteiger partial charge in [0.1, 0.15) is 11.6 Å². The molecule has 2 heterocycles. The number of hydrogen-bond donors (Lipinski definition) is 1. The molecule has 0 amide bonds. The molecule has 1 fully saturated rings. The van der Waals surface area contributed by atoms with Crippen LogP contribution in [0.1, 0.15) is 24.8 Å². The fraction of sp³-hybridized carbons (Fsp3) is 0.444. The van der Waals surface area contributed by atoms with Crippen LogP contribution in [0.3, 0.4) is 0 Å². The lowest BCUT2D eigenvalue weighted by atomic mass is 10.1. The van der Waals surface area contributed by atoms with Gasteiger partial charge in [-0.05, 0) is 43.4 Å². The molecule has 5 nitrogen and oxygen atoms in total. The summed E-state index contributed by atoms with van der Waals surface area (Å²) < 4.78 is 5.39. The van der Waals surface area contributed by atoms with Gasteiger partial charge < -0.3 is 15.0 Å². The average molecular weight is 312 g/mol. The lowest BCUT2D eigenvalue weighted by molar-refractivity contribution is 0.410. The van der Waals surface area contributed by atoms with Gasteiger partial charge in [0.15, 0.2) is 0 Å². The van der Waals surface area contributed by atoms with Gasteiger partial charge in [-0.2, -0.15) is 4.98 Å². The van der Waals surface area contributed by atoms with E-state index in [1.54, 1.807) is 7.11 Å². The molecule has 1 aliphatic rings. The second-order valence-corrected chi connectivity index (χ2v) is 5.78. The Morgan fingerprint density at radius 3 is 2.78 bits per heavy atom. The van der Waals surface area contributed by atoms with E-state index < -0.39 is 0 Å². The minimum Gasteiger partial charge on any atom is -0.496 e. The highest BCUT2D eigenvalue weighted by molar-refractivity contribution is 5.42. The summed E-state index contributed by atoms with van der Waals surface area (Å²) in [6.07, 6.45) is 6.51. The topological polar surface area (TPSA) is 50.3 Å². The van der Waals surface area contributed by atoms with Gasteiger partial charge in [-0.3, -0.25) is 0 Å². The molecule has 1 aliphatic heterocycles. The first-order valence-electron chi connectivity index (χ1n) is 8.30. The predicted octanol–water partition coefficient (Wildman–Crippen LogP) is 3.13. The molecular formula is C18H24N4O. The van der Waals surface area contributed by atoms with Crippen molar-refractivity contribution in [1.29, 1.82) is 0 Å². The van der Waals surface area contributed by atoms with Crippen molar-refractivity contribution in [3.63, 3.8) is 0 Å². The number of para-hydroxylation sites is 1. The second-order valence-electron chi connectivity index (χ2n) is 5.78. The summed E-state index contributed by atoms with van der Waals surface area (Å²) in [4.78, 5) is 11.3. The van der Waals surface area contributed by atoms with E-state index >= 15 is 0 Å². The third-order valence-electron chi connectivity index (χ3n) is 4.17. The second kappa shape index (κ2) is 7.81. The number of anilines is 2. The van der Waals surface area contributed by atoms with Crippen molar-refractivity contribution >= 4 is 11.8 Å². The highest BCUT2D eigenvalue weighted by Crippen LogP contribution is 2.19. The van der Waals surface area contributed by atoms with Gasteiger partial charge in [0, 0.05) is 25.8 Å². The number of hydrogen-bond acceptors (Lipinski definition) is 5. The SMILES string of the molecule is COc1ccccc1CCNc1ccnc(N2CCCCC2)n1. The molecular weight excluding hydrogens is 288 g/mol. The van der Waals surface area contributed by atoms with E-state index in [1.165, 1.54) is 24.8 Å². The summed E-state index contributed by atoms with van der Waals surface area (Å²) in [5.74, 6) is 2.66. The normalized spacial score (nSPS) is 14.6. The Morgan fingerprint density at radius 2 is 1.96 bits per heavy atom. The van der Waals surface area contributed by atoms with Crippen LogP contribution in [0.2, 0.25) is 0 Å². The molecule has 0 atom stereocenters. The van der Waals surface area contributed by atoms with Crippen molar-refractivity contribution in [3.05, 3.63) is 42.1 Å². The number of nitrogens with one attached hydrogen (secondary N) is 1. The van der Waals surface area contributed by atoms with E-state index in [1.807, 2.05) is 30.5 Å². The molecule has 23 heavy (non-hydrogen) atoms. The van der Waals surface area contributed by atoms with Crippen LogP contribution in [0.5, 0.6) is 5.75 Å². The molecule has 1 aromatic carbocycles. The molecule has 0 bridgehead atoms. The van der Waals surface area contributed by atoms with Crippen molar-refractivity contribution in [1.82, 2.24) is 9.97 Å². The number of aromatic nitrogens is 2. The largest absolute Gasteiger partial charge is 0.496 e. The summed E-state index contributed by atoms with van der Waals surface area (Å²) in [6.45, 7) is 2.94. The van der Waals surface area contributed by atoms with E-state index in [-0.39, 0.29) is 0 Å². The molecule has 1 saturated heterocycles. The van der Waals surface area contributed by atoms with Crippen molar-refractivity contribution < 1.29 is 4.74 Å². The zero-order valence-electron chi connectivity index (χ0n) is 13.7. The monoisotopic (exact) mass is 312 g/mol. The van der Waals surface area contributed by atoms with Crippen LogP contribution in [0.15, 0.2) is 36.5 Å². The Balaban J connectivity index is 1.58. The van der Waals surface area contributed by atoms with Crippen LogP contribution in [0.4, 0.5) is 11.8 Å². The number of methoxy groups -OCH3 is 1. The Morgan fingerprint density at radius 1 is 1.13 bits per heavy atom. The smallest absolute Gasteiger partial charge is 0.227 e. The third-order valence-corrected chi connectivity index (χ3v) is 4.17. The predicted molar refractivity (Wildman–Crippen MR) is 93.3 cm³/mol. The van der Waals surface area contributed by atoms with Crippen molar-refractivity contribution in [2.75, 3.05) is 37.0 Å². The minimum absolute atomic E-state index is 0.816. The lowest BCUT2D eigenvalue weighted by Crippen LogP contribution is -2.31. The number of nitrogens with zero attached hydrogens (tertiary/aromatic N) is 3. The maximum atomic E-state index is 5.39. The van der Waals surface area contributed by atoms with E-state index in [0.717, 1.165) is 43.6 Å². The molecule has 122 valence electrons. The highest BCUT2D eigenvalue weighted by Gasteiger charge is 2.13. The van der Waals surface area contributed by atoms with Gasteiger partial charge in [-0.25, -0.2) is 4.98 Å². The van der Waals surface area contributed by atoms with Crippen LogP contribution in [-0.4, -0.2) is 36.7 Å². The van der Waals surface area contributed by atoms with Crippen LogP contribution < -0.4 is 15.0 Å². The zero-order valence-corrected chi connectivity index (χ0v) is 13.7. The quantitative estimate of drug-likeness (QED) is 0.888. The first kappa shape index (κ1) is 15.6. The first-order chi connectivity index (χ1) is 11.4. The van der Waals surface area contributed by atoms with Gasteiger partial charge in [0.2, 0.25) is 5.95 Å². The number of benzene rings is 1. The first-order valence-corrected chi connectivity index (χ1v) is 8.30. The summed E-state index contributed by atoms with van der Waals surface area (Å²) in [5.41, 5.74) is 1.20. The lowest BCUT2D eigenvalue weighted by Gasteiger charge is -2.26. The molecule has 0 unspecified atom stereocenters. The molecule has 1 aromatic heterocycles. The molecule has 5 heteroatoms. The number of rotatable bonds is 6. The third kappa shape index (κ3) is 4.12. The number of piperidine rings is 1. The summed E-state index contributed by atoms with van der Waals surface area (Å²) in [6, 6.07) is 10.0. The van der Waals surface area contributed by atoms with Gasteiger partial charge in [0.25, 0.3) is 0 Å². The van der Waals surface area contributed by atoms with Crippen molar-refractivity contribution in [2.45, 2.75) is 25.7 Å². The fourth-order valence-corrected chi connectivity index (χ4v) is 2.93. The van der Waals surface area contributed by atoms with E-state index in [2.05, 4.69) is 26.3 Å². The van der Waals surface area contributed by atoms with Crippen LogP contribution in [-0.2, 0) is 6.42 Å². The molecule has 1 N–H and O–H groups in total.